The fourth-order valence-electron chi connectivity index (χ4n) is 5.63. The summed E-state index contributed by atoms with van der Waals surface area (Å²) in [6.07, 6.45) is 7.59. The van der Waals surface area contributed by atoms with Crippen LogP contribution in [0.4, 0.5) is 0 Å². The standard InChI is InChI=1S/C39H51IN2O3/c1-4-41-38(29-37(40(2)3)36-22-16-20-32-19-12-13-21-35(32)36)39(43)42-27-14-7-5-6-8-15-28-44-33-23-25-34(26-24-33)45-30-31-17-10-9-11-18-31/h9-13,16-26,37-38,41H,4-8,14-15,27-30H2,1-3H3,(H,42,43)/t37-,38?/m0/s1. The normalized spacial score (nSPS) is 12.8. The number of carbonyl (C=O) groups is 1. The second-order valence-electron chi connectivity index (χ2n) is 11.7. The van der Waals surface area contributed by atoms with E-state index in [1.807, 2.05) is 42.5 Å². The van der Waals surface area contributed by atoms with Crippen molar-refractivity contribution in [2.75, 3.05) is 29.6 Å². The van der Waals surface area contributed by atoms with E-state index < -0.39 is 19.8 Å². The van der Waals surface area contributed by atoms with Gasteiger partial charge < -0.3 is 9.47 Å². The van der Waals surface area contributed by atoms with E-state index >= 15 is 0 Å². The van der Waals surface area contributed by atoms with Crippen LogP contribution in [0.2, 0.25) is 0 Å². The first-order valence-electron chi connectivity index (χ1n) is 16.4. The Morgan fingerprint density at radius 1 is 0.733 bits per heavy atom. The van der Waals surface area contributed by atoms with Crippen molar-refractivity contribution in [3.05, 3.63) is 108 Å². The van der Waals surface area contributed by atoms with Gasteiger partial charge in [0.1, 0.15) is 18.1 Å². The average Bonchev–Trinajstić information content (AvgIpc) is 3.07. The molecule has 4 aromatic rings. The van der Waals surface area contributed by atoms with Gasteiger partial charge in [0.2, 0.25) is 0 Å². The van der Waals surface area contributed by atoms with Crippen molar-refractivity contribution in [2.24, 2.45) is 0 Å². The molecule has 5 nitrogen and oxygen atoms in total. The molecule has 0 spiro atoms. The van der Waals surface area contributed by atoms with E-state index in [4.69, 9.17) is 9.47 Å². The van der Waals surface area contributed by atoms with Crippen LogP contribution in [0.1, 0.15) is 66.9 Å². The second kappa shape index (κ2) is 19.4. The van der Waals surface area contributed by atoms with Crippen LogP contribution in [0.25, 0.3) is 10.8 Å². The van der Waals surface area contributed by atoms with Crippen LogP contribution in [0.3, 0.4) is 0 Å². The van der Waals surface area contributed by atoms with Gasteiger partial charge in [0.05, 0.1) is 6.61 Å². The van der Waals surface area contributed by atoms with Crippen molar-refractivity contribution >= 4 is 36.5 Å². The molecule has 2 atom stereocenters. The summed E-state index contributed by atoms with van der Waals surface area (Å²) in [5, 5.41) is 9.34. The number of fused-ring (bicyclic) bond motifs is 1. The van der Waals surface area contributed by atoms with Crippen molar-refractivity contribution in [1.82, 2.24) is 10.6 Å². The molecule has 2 N–H and O–H groups in total. The summed E-state index contributed by atoms with van der Waals surface area (Å²) >= 11 is -1.26. The first kappa shape index (κ1) is 34.8. The maximum absolute atomic E-state index is 13.2. The zero-order valence-electron chi connectivity index (χ0n) is 27.3. The number of unbranched alkanes of at least 4 members (excludes halogenated alkanes) is 5. The van der Waals surface area contributed by atoms with E-state index in [1.54, 1.807) is 0 Å². The zero-order valence-corrected chi connectivity index (χ0v) is 29.4. The molecule has 0 saturated heterocycles. The van der Waals surface area contributed by atoms with Crippen molar-refractivity contribution < 1.29 is 14.3 Å². The average molecular weight is 723 g/mol. The number of likely N-dealkylation sites (N-methyl/N-ethyl adjacent to an activating group) is 1. The fraction of sp³-hybridized carbons (Fsp3) is 0.410. The third-order valence-corrected chi connectivity index (χ3v) is 12.3. The van der Waals surface area contributed by atoms with E-state index in [0.29, 0.717) is 10.5 Å². The number of rotatable bonds is 20. The minimum atomic E-state index is -1.26. The minimum Gasteiger partial charge on any atom is -0.494 e. The van der Waals surface area contributed by atoms with Gasteiger partial charge in [-0.3, -0.25) is 0 Å². The van der Waals surface area contributed by atoms with Gasteiger partial charge >= 0.3 is 185 Å². The summed E-state index contributed by atoms with van der Waals surface area (Å²) in [6, 6.07) is 33.2. The quantitative estimate of drug-likeness (QED) is 0.0543. The number of hydrogen-bond donors (Lipinski definition) is 2. The molecule has 0 aliphatic heterocycles. The Bertz CT molecular complexity index is 1410. The van der Waals surface area contributed by atoms with Crippen LogP contribution in [0.5, 0.6) is 11.5 Å². The number of carbonyl (C=O) groups excluding carboxylic acids is 1. The molecule has 0 bridgehead atoms. The van der Waals surface area contributed by atoms with Crippen LogP contribution in [-0.2, 0) is 11.4 Å². The molecule has 0 radical (unpaired) electrons. The molecular formula is C39H51IN2O3. The Morgan fingerprint density at radius 2 is 1.38 bits per heavy atom. The van der Waals surface area contributed by atoms with Crippen LogP contribution < -0.4 is 20.1 Å². The van der Waals surface area contributed by atoms with Crippen LogP contribution in [0.15, 0.2) is 97.1 Å². The topological polar surface area (TPSA) is 59.6 Å². The molecule has 1 unspecified atom stereocenters. The molecule has 0 fully saturated rings. The molecule has 0 aliphatic carbocycles. The number of amides is 1. The number of nitrogens with one attached hydrogen (secondary N) is 2. The Labute approximate surface area is 277 Å². The molecule has 242 valence electrons. The Balaban J connectivity index is 1.08. The monoisotopic (exact) mass is 722 g/mol. The summed E-state index contributed by atoms with van der Waals surface area (Å²) in [4.78, 5) is 18.1. The summed E-state index contributed by atoms with van der Waals surface area (Å²) in [7, 11) is 0. The molecule has 0 aliphatic rings. The number of hydrogen-bond acceptors (Lipinski definition) is 4. The van der Waals surface area contributed by atoms with Gasteiger partial charge in [-0.1, -0.05) is 30.3 Å². The molecule has 4 rings (SSSR count). The summed E-state index contributed by atoms with van der Waals surface area (Å²) in [5.74, 6) is 1.88. The predicted octanol–water partition coefficient (Wildman–Crippen LogP) is 9.13. The Hall–Kier alpha value is -3.10. The number of ether oxygens (including phenoxy) is 2. The van der Waals surface area contributed by atoms with Crippen molar-refractivity contribution in [3.63, 3.8) is 0 Å². The molecule has 45 heavy (non-hydrogen) atoms. The molecule has 0 aromatic heterocycles. The van der Waals surface area contributed by atoms with E-state index in [2.05, 4.69) is 82.0 Å². The van der Waals surface area contributed by atoms with Crippen molar-refractivity contribution in [3.8, 4) is 11.5 Å². The molecule has 1 amide bonds. The van der Waals surface area contributed by atoms with Gasteiger partial charge in [-0.2, -0.15) is 0 Å². The number of benzene rings is 4. The Morgan fingerprint density at radius 3 is 2.11 bits per heavy atom. The first-order chi connectivity index (χ1) is 22.0. The second-order valence-corrected chi connectivity index (χ2v) is 17.9. The van der Waals surface area contributed by atoms with Crippen LogP contribution in [-0.4, -0.2) is 41.5 Å². The molecule has 6 heteroatoms. The van der Waals surface area contributed by atoms with Gasteiger partial charge in [-0.25, -0.2) is 0 Å². The molecular weight excluding hydrogens is 671 g/mol. The zero-order chi connectivity index (χ0) is 31.7. The fourth-order valence-corrected chi connectivity index (χ4v) is 9.04. The van der Waals surface area contributed by atoms with E-state index in [9.17, 15) is 4.79 Å². The van der Waals surface area contributed by atoms with Crippen LogP contribution in [0, 0.1) is 0 Å². The summed E-state index contributed by atoms with van der Waals surface area (Å²) in [6.45, 7) is 4.92. The van der Waals surface area contributed by atoms with Crippen molar-refractivity contribution in [2.45, 2.75) is 68.4 Å². The third kappa shape index (κ3) is 11.6. The first-order valence-corrected chi connectivity index (χ1v) is 22.0. The summed E-state index contributed by atoms with van der Waals surface area (Å²) in [5.41, 5.74) is 2.57. The van der Waals surface area contributed by atoms with E-state index in [-0.39, 0.29) is 11.9 Å². The van der Waals surface area contributed by atoms with Gasteiger partial charge in [0, 0.05) is 0 Å². The molecule has 0 heterocycles. The maximum atomic E-state index is 13.2. The van der Waals surface area contributed by atoms with E-state index in [1.165, 1.54) is 29.2 Å². The van der Waals surface area contributed by atoms with E-state index in [0.717, 1.165) is 68.9 Å². The van der Waals surface area contributed by atoms with Crippen LogP contribution >= 0.6 is 19.8 Å². The molecule has 4 aromatic carbocycles. The van der Waals surface area contributed by atoms with Gasteiger partial charge in [-0.15, -0.1) is 0 Å². The SMILES string of the molecule is CCNC(C[C@@H](c1cccc2ccccc12)I(C)C)C(=O)NCCCCCCCCOc1ccc(OCc2ccccc2)cc1. The minimum absolute atomic E-state index is 0.146. The van der Waals surface area contributed by atoms with Gasteiger partial charge in [-0.05, 0) is 29.8 Å². The Kier molecular flexibility index (Phi) is 15.0. The number of halogens is 1. The van der Waals surface area contributed by atoms with Gasteiger partial charge in [0.25, 0.3) is 0 Å². The molecule has 0 saturated carbocycles. The predicted molar refractivity (Wildman–Crippen MR) is 198 cm³/mol. The van der Waals surface area contributed by atoms with Crippen molar-refractivity contribution in [1.29, 1.82) is 0 Å². The van der Waals surface area contributed by atoms with Gasteiger partial charge in [0.15, 0.2) is 0 Å². The number of alkyl halides is 3. The smallest absolute Gasteiger partial charge is 0.494 e. The third-order valence-electron chi connectivity index (χ3n) is 8.11. The summed E-state index contributed by atoms with van der Waals surface area (Å²) < 4.78 is 12.2.